The third-order valence-electron chi connectivity index (χ3n) is 4.11. The van der Waals surface area contributed by atoms with E-state index in [-0.39, 0.29) is 5.91 Å². The minimum absolute atomic E-state index is 0.0376. The van der Waals surface area contributed by atoms with Crippen LogP contribution in [0.15, 0.2) is 18.2 Å². The smallest absolute Gasteiger partial charge is 0.414 e. The summed E-state index contributed by atoms with van der Waals surface area (Å²) in [5, 5.41) is 14.8. The van der Waals surface area contributed by atoms with Crippen LogP contribution in [0.1, 0.15) is 24.2 Å². The summed E-state index contributed by atoms with van der Waals surface area (Å²) < 4.78 is 10.4. The van der Waals surface area contributed by atoms with Gasteiger partial charge in [-0.1, -0.05) is 0 Å². The fourth-order valence-electron chi connectivity index (χ4n) is 2.55. The number of nitrogens with zero attached hydrogens (tertiary/aromatic N) is 2. The van der Waals surface area contributed by atoms with Crippen molar-refractivity contribution >= 4 is 17.8 Å². The first-order valence-corrected chi connectivity index (χ1v) is 8.42. The number of amides is 1. The topological polar surface area (TPSA) is 117 Å². The first-order valence-electron chi connectivity index (χ1n) is 8.42. The van der Waals surface area contributed by atoms with E-state index in [1.807, 2.05) is 4.90 Å². The highest BCUT2D eigenvalue weighted by atomic mass is 16.5. The van der Waals surface area contributed by atoms with Crippen LogP contribution < -0.4 is 9.47 Å². The van der Waals surface area contributed by atoms with Gasteiger partial charge in [-0.05, 0) is 26.0 Å². The Kier molecular flexibility index (Phi) is 8.53. The zero-order chi connectivity index (χ0) is 20.6. The van der Waals surface area contributed by atoms with Gasteiger partial charge in [0.25, 0.3) is 5.91 Å². The van der Waals surface area contributed by atoms with E-state index in [0.29, 0.717) is 23.1 Å². The van der Waals surface area contributed by atoms with E-state index in [1.165, 1.54) is 0 Å². The van der Waals surface area contributed by atoms with Gasteiger partial charge < -0.3 is 24.6 Å². The Balaban J connectivity index is 0.000000527. The number of aliphatic carboxylic acids is 2. The molecule has 1 aliphatic heterocycles. The molecule has 0 atom stereocenters. The summed E-state index contributed by atoms with van der Waals surface area (Å²) in [6.45, 7) is 7.73. The molecule has 2 rings (SSSR count). The number of carbonyl (C=O) groups is 3. The molecular formula is C18H26N2O7. The molecule has 9 heteroatoms. The van der Waals surface area contributed by atoms with Crippen molar-refractivity contribution in [1.29, 1.82) is 0 Å². The van der Waals surface area contributed by atoms with Crippen LogP contribution in [0.25, 0.3) is 0 Å². The van der Waals surface area contributed by atoms with Crippen LogP contribution in [-0.2, 0) is 9.59 Å². The second kappa shape index (κ2) is 10.4. The predicted octanol–water partition coefficient (Wildman–Crippen LogP) is 1.03. The predicted molar refractivity (Wildman–Crippen MR) is 97.4 cm³/mol. The SMILES string of the molecule is COc1cc(OC)cc(C(=O)N2CCN(C(C)C)CC2)c1.O=C(O)C(=O)O. The standard InChI is InChI=1S/C16H24N2O3.C2H2O4/c1-12(2)17-5-7-18(8-6-17)16(19)13-9-14(20-3)11-15(10-13)21-4;3-1(4)2(5)6/h9-12H,5-8H2,1-4H3;(H,3,4)(H,5,6). The number of hydrogen-bond acceptors (Lipinski definition) is 6. The zero-order valence-corrected chi connectivity index (χ0v) is 16.0. The normalized spacial score (nSPS) is 14.2. The number of hydrogen-bond donors (Lipinski definition) is 2. The van der Waals surface area contributed by atoms with Crippen molar-refractivity contribution in [2.45, 2.75) is 19.9 Å². The van der Waals surface area contributed by atoms with E-state index >= 15 is 0 Å². The molecule has 0 saturated carbocycles. The molecule has 150 valence electrons. The molecule has 1 aromatic rings. The van der Waals surface area contributed by atoms with Crippen molar-refractivity contribution in [3.8, 4) is 11.5 Å². The molecule has 9 nitrogen and oxygen atoms in total. The van der Waals surface area contributed by atoms with E-state index < -0.39 is 11.9 Å². The molecule has 1 heterocycles. The number of methoxy groups -OCH3 is 2. The van der Waals surface area contributed by atoms with Gasteiger partial charge in [-0.3, -0.25) is 9.69 Å². The zero-order valence-electron chi connectivity index (χ0n) is 16.0. The summed E-state index contributed by atoms with van der Waals surface area (Å²) in [6.07, 6.45) is 0. The maximum Gasteiger partial charge on any atom is 0.414 e. The largest absolute Gasteiger partial charge is 0.497 e. The number of carbonyl (C=O) groups excluding carboxylic acids is 1. The first kappa shape index (κ1) is 22.2. The van der Waals surface area contributed by atoms with Crippen LogP contribution in [0.3, 0.4) is 0 Å². The molecule has 0 aliphatic carbocycles. The molecule has 1 aliphatic rings. The van der Waals surface area contributed by atoms with Crippen molar-refractivity contribution < 1.29 is 34.1 Å². The fraction of sp³-hybridized carbons (Fsp3) is 0.500. The van der Waals surface area contributed by atoms with Crippen LogP contribution >= 0.6 is 0 Å². The second-order valence-corrected chi connectivity index (χ2v) is 6.13. The van der Waals surface area contributed by atoms with Gasteiger partial charge in [-0.15, -0.1) is 0 Å². The van der Waals surface area contributed by atoms with Gasteiger partial charge in [-0.25, -0.2) is 9.59 Å². The molecule has 0 bridgehead atoms. The Morgan fingerprint density at radius 2 is 1.33 bits per heavy atom. The Morgan fingerprint density at radius 3 is 1.67 bits per heavy atom. The number of carboxylic acids is 2. The van der Waals surface area contributed by atoms with Crippen molar-refractivity contribution in [3.63, 3.8) is 0 Å². The summed E-state index contributed by atoms with van der Waals surface area (Å²) in [5.74, 6) is -2.34. The van der Waals surface area contributed by atoms with E-state index in [4.69, 9.17) is 29.3 Å². The number of carboxylic acid groups (broad SMARTS) is 2. The lowest BCUT2D eigenvalue weighted by Gasteiger charge is -2.37. The Bertz CT molecular complexity index is 633. The van der Waals surface area contributed by atoms with Gasteiger partial charge in [0.15, 0.2) is 0 Å². The lowest BCUT2D eigenvalue weighted by atomic mass is 10.1. The van der Waals surface area contributed by atoms with Gasteiger partial charge in [0.05, 0.1) is 14.2 Å². The van der Waals surface area contributed by atoms with Crippen LogP contribution in [0.2, 0.25) is 0 Å². The number of rotatable bonds is 4. The third kappa shape index (κ3) is 6.78. The molecular weight excluding hydrogens is 356 g/mol. The summed E-state index contributed by atoms with van der Waals surface area (Å²) in [4.78, 5) is 35.1. The average molecular weight is 382 g/mol. The van der Waals surface area contributed by atoms with Crippen LogP contribution in [-0.4, -0.2) is 84.3 Å². The number of benzene rings is 1. The quantitative estimate of drug-likeness (QED) is 0.742. The highest BCUT2D eigenvalue weighted by Crippen LogP contribution is 2.23. The van der Waals surface area contributed by atoms with Gasteiger partial charge >= 0.3 is 11.9 Å². The fourth-order valence-corrected chi connectivity index (χ4v) is 2.55. The molecule has 1 saturated heterocycles. The third-order valence-corrected chi connectivity index (χ3v) is 4.11. The Morgan fingerprint density at radius 1 is 0.889 bits per heavy atom. The lowest BCUT2D eigenvalue weighted by molar-refractivity contribution is -0.159. The monoisotopic (exact) mass is 382 g/mol. The van der Waals surface area contributed by atoms with E-state index in [1.54, 1.807) is 32.4 Å². The highest BCUT2D eigenvalue weighted by molar-refractivity contribution is 6.27. The highest BCUT2D eigenvalue weighted by Gasteiger charge is 2.24. The van der Waals surface area contributed by atoms with Crippen molar-refractivity contribution in [2.75, 3.05) is 40.4 Å². The molecule has 1 aromatic carbocycles. The molecule has 2 N–H and O–H groups in total. The van der Waals surface area contributed by atoms with Crippen molar-refractivity contribution in [1.82, 2.24) is 9.80 Å². The van der Waals surface area contributed by atoms with Crippen LogP contribution in [0, 0.1) is 0 Å². The van der Waals surface area contributed by atoms with Gasteiger partial charge in [-0.2, -0.15) is 0 Å². The van der Waals surface area contributed by atoms with Crippen LogP contribution in [0.4, 0.5) is 0 Å². The van der Waals surface area contributed by atoms with Gasteiger partial charge in [0, 0.05) is 43.9 Å². The molecule has 0 unspecified atom stereocenters. The molecule has 1 amide bonds. The number of ether oxygens (including phenoxy) is 2. The summed E-state index contributed by atoms with van der Waals surface area (Å²) in [6, 6.07) is 5.83. The van der Waals surface area contributed by atoms with Crippen LogP contribution in [0.5, 0.6) is 11.5 Å². The molecule has 1 fully saturated rings. The van der Waals surface area contributed by atoms with E-state index in [9.17, 15) is 4.79 Å². The van der Waals surface area contributed by atoms with Gasteiger partial charge in [0.2, 0.25) is 0 Å². The molecule has 27 heavy (non-hydrogen) atoms. The first-order chi connectivity index (χ1) is 12.7. The van der Waals surface area contributed by atoms with Crippen molar-refractivity contribution in [2.24, 2.45) is 0 Å². The minimum atomic E-state index is -1.82. The van der Waals surface area contributed by atoms with Gasteiger partial charge in [0.1, 0.15) is 11.5 Å². The summed E-state index contributed by atoms with van der Waals surface area (Å²) >= 11 is 0. The molecule has 0 radical (unpaired) electrons. The maximum atomic E-state index is 12.6. The lowest BCUT2D eigenvalue weighted by Crippen LogP contribution is -2.50. The maximum absolute atomic E-state index is 12.6. The molecule has 0 spiro atoms. The Labute approximate surface area is 158 Å². The summed E-state index contributed by atoms with van der Waals surface area (Å²) in [5.41, 5.74) is 0.615. The average Bonchev–Trinajstić information content (AvgIpc) is 2.67. The second-order valence-electron chi connectivity index (χ2n) is 6.13. The van der Waals surface area contributed by atoms with E-state index in [2.05, 4.69) is 18.7 Å². The van der Waals surface area contributed by atoms with E-state index in [0.717, 1.165) is 26.2 Å². The summed E-state index contributed by atoms with van der Waals surface area (Å²) in [7, 11) is 3.18. The molecule has 0 aromatic heterocycles. The van der Waals surface area contributed by atoms with Crippen molar-refractivity contribution in [3.05, 3.63) is 23.8 Å². The minimum Gasteiger partial charge on any atom is -0.497 e. The number of piperazine rings is 1. The Hall–Kier alpha value is -2.81.